The Morgan fingerprint density at radius 2 is 2.04 bits per heavy atom. The minimum absolute atomic E-state index is 0.138. The maximum atomic E-state index is 12.0. The Morgan fingerprint density at radius 3 is 2.67 bits per heavy atom. The predicted octanol–water partition coefficient (Wildman–Crippen LogP) is 1.21. The first kappa shape index (κ1) is 16.3. The van der Waals surface area contributed by atoms with Gasteiger partial charge in [0.05, 0.1) is 17.3 Å². The van der Waals surface area contributed by atoms with Crippen LogP contribution in [0.15, 0.2) is 18.3 Å². The highest BCUT2D eigenvalue weighted by Crippen LogP contribution is 2.50. The molecule has 1 aromatic carbocycles. The van der Waals surface area contributed by atoms with Gasteiger partial charge in [-0.15, -0.1) is 0 Å². The van der Waals surface area contributed by atoms with Crippen LogP contribution in [0.1, 0.15) is 18.4 Å². The van der Waals surface area contributed by atoms with Crippen molar-refractivity contribution in [3.05, 3.63) is 28.9 Å². The minimum atomic E-state index is -3.41. The highest BCUT2D eigenvalue weighted by Gasteiger charge is 2.51. The largest absolute Gasteiger partial charge is 0.385 e. The molecular weight excluding hydrogens is 352 g/mol. The van der Waals surface area contributed by atoms with E-state index in [1.165, 1.54) is 11.4 Å². The van der Waals surface area contributed by atoms with E-state index in [0.717, 1.165) is 16.5 Å². The molecule has 2 aliphatic rings. The summed E-state index contributed by atoms with van der Waals surface area (Å²) in [5, 5.41) is 19.6. The Bertz CT molecular complexity index is 883. The van der Waals surface area contributed by atoms with Gasteiger partial charge in [0.1, 0.15) is 0 Å². The summed E-state index contributed by atoms with van der Waals surface area (Å²) in [6.45, 7) is 0.872. The lowest BCUT2D eigenvalue weighted by molar-refractivity contribution is 0.0353. The quantitative estimate of drug-likeness (QED) is 0.756. The fourth-order valence-electron chi connectivity index (χ4n) is 4.26. The third kappa shape index (κ3) is 2.44. The molecule has 9 heteroatoms. The smallest absolute Gasteiger partial charge is 0.279 e. The first-order valence-electron chi connectivity index (χ1n) is 7.86. The lowest BCUT2D eigenvalue weighted by Crippen LogP contribution is -2.38. The highest BCUT2D eigenvalue weighted by molar-refractivity contribution is 7.87. The van der Waals surface area contributed by atoms with Gasteiger partial charge in [0, 0.05) is 30.5 Å². The van der Waals surface area contributed by atoms with Crippen LogP contribution >= 0.6 is 11.6 Å². The molecule has 1 aliphatic heterocycles. The molecule has 130 valence electrons. The molecule has 24 heavy (non-hydrogen) atoms. The summed E-state index contributed by atoms with van der Waals surface area (Å²) in [6, 6.07) is 3.58. The van der Waals surface area contributed by atoms with Crippen molar-refractivity contribution in [1.82, 2.24) is 19.2 Å². The average molecular weight is 371 g/mol. The molecule has 3 N–H and O–H groups in total. The number of nitrogens with zero attached hydrogens (tertiary/aromatic N) is 2. The zero-order chi connectivity index (χ0) is 17.1. The van der Waals surface area contributed by atoms with Crippen molar-refractivity contribution < 1.29 is 13.5 Å². The summed E-state index contributed by atoms with van der Waals surface area (Å²) >= 11 is 6.19. The van der Waals surface area contributed by atoms with Crippen LogP contribution in [0.2, 0.25) is 5.02 Å². The Morgan fingerprint density at radius 1 is 1.38 bits per heavy atom. The van der Waals surface area contributed by atoms with Crippen LogP contribution in [0.4, 0.5) is 0 Å². The number of nitrogens with one attached hydrogen (secondary N) is 2. The molecule has 0 unspecified atom stereocenters. The topological polar surface area (TPSA) is 98.3 Å². The van der Waals surface area contributed by atoms with Crippen molar-refractivity contribution >= 4 is 32.7 Å². The first-order valence-corrected chi connectivity index (χ1v) is 9.68. The van der Waals surface area contributed by atoms with Gasteiger partial charge in [-0.05, 0) is 42.4 Å². The predicted molar refractivity (Wildman–Crippen MR) is 90.8 cm³/mol. The van der Waals surface area contributed by atoms with Gasteiger partial charge in [-0.25, -0.2) is 4.72 Å². The van der Waals surface area contributed by atoms with Gasteiger partial charge in [-0.3, -0.25) is 5.10 Å². The molecule has 2 aromatic rings. The Labute approximate surface area is 145 Å². The summed E-state index contributed by atoms with van der Waals surface area (Å²) in [5.41, 5.74) is 0.566. The van der Waals surface area contributed by atoms with E-state index in [9.17, 15) is 13.5 Å². The Hall–Kier alpha value is -1.19. The second-order valence-electron chi connectivity index (χ2n) is 6.77. The molecule has 0 bridgehead atoms. The van der Waals surface area contributed by atoms with Crippen molar-refractivity contribution in [2.45, 2.75) is 18.4 Å². The molecule has 0 amide bonds. The second kappa shape index (κ2) is 5.40. The molecule has 1 saturated carbocycles. The number of aliphatic hydroxyl groups is 1. The molecular formula is C15H19ClN4O3S. The van der Waals surface area contributed by atoms with E-state index in [0.29, 0.717) is 31.0 Å². The summed E-state index contributed by atoms with van der Waals surface area (Å²) < 4.78 is 27.8. The van der Waals surface area contributed by atoms with Gasteiger partial charge in [-0.1, -0.05) is 11.6 Å². The van der Waals surface area contributed by atoms with Crippen LogP contribution in [-0.4, -0.2) is 48.2 Å². The molecule has 1 aromatic heterocycles. The molecule has 0 radical (unpaired) electrons. The SMILES string of the molecule is CNS(=O)(=O)N1C[C@@H]2C[C@@](O)(c3cc(Cl)cc4[nH]ncc34)C[C@@H]2C1. The lowest BCUT2D eigenvalue weighted by atomic mass is 9.88. The fourth-order valence-corrected chi connectivity index (χ4v) is 5.51. The van der Waals surface area contributed by atoms with E-state index in [4.69, 9.17) is 11.6 Å². The van der Waals surface area contributed by atoms with E-state index < -0.39 is 15.8 Å². The van der Waals surface area contributed by atoms with Crippen LogP contribution in [0, 0.1) is 11.8 Å². The summed E-state index contributed by atoms with van der Waals surface area (Å²) in [6.07, 6.45) is 2.74. The van der Waals surface area contributed by atoms with Gasteiger partial charge >= 0.3 is 0 Å². The normalized spacial score (nSPS) is 31.0. The highest BCUT2D eigenvalue weighted by atomic mass is 35.5. The van der Waals surface area contributed by atoms with Gasteiger partial charge < -0.3 is 5.11 Å². The molecule has 4 rings (SSSR count). The Balaban J connectivity index is 1.65. The summed E-state index contributed by atoms with van der Waals surface area (Å²) in [7, 11) is -1.99. The zero-order valence-electron chi connectivity index (χ0n) is 13.2. The van der Waals surface area contributed by atoms with Crippen molar-refractivity contribution in [1.29, 1.82) is 0 Å². The molecule has 2 heterocycles. The van der Waals surface area contributed by atoms with Crippen LogP contribution in [-0.2, 0) is 15.8 Å². The van der Waals surface area contributed by atoms with E-state index in [1.807, 2.05) is 0 Å². The van der Waals surface area contributed by atoms with Crippen molar-refractivity contribution in [3.63, 3.8) is 0 Å². The average Bonchev–Trinajstić information content (AvgIpc) is 3.19. The molecule has 1 saturated heterocycles. The van der Waals surface area contributed by atoms with Crippen LogP contribution < -0.4 is 4.72 Å². The molecule has 2 fully saturated rings. The number of hydrogen-bond donors (Lipinski definition) is 3. The van der Waals surface area contributed by atoms with E-state index >= 15 is 0 Å². The number of fused-ring (bicyclic) bond motifs is 2. The lowest BCUT2D eigenvalue weighted by Gasteiger charge is -2.27. The van der Waals surface area contributed by atoms with Gasteiger partial charge in [0.15, 0.2) is 0 Å². The third-order valence-corrected chi connectivity index (χ3v) is 7.08. The van der Waals surface area contributed by atoms with Crippen LogP contribution in [0.5, 0.6) is 0 Å². The summed E-state index contributed by atoms with van der Waals surface area (Å²) in [5.74, 6) is 0.276. The monoisotopic (exact) mass is 370 g/mol. The first-order chi connectivity index (χ1) is 11.3. The number of aromatic nitrogens is 2. The molecule has 3 atom stereocenters. The fraction of sp³-hybridized carbons (Fsp3) is 0.533. The van der Waals surface area contributed by atoms with Crippen molar-refractivity contribution in [2.75, 3.05) is 20.1 Å². The molecule has 7 nitrogen and oxygen atoms in total. The number of halogens is 1. The third-order valence-electron chi connectivity index (χ3n) is 5.37. The number of benzene rings is 1. The summed E-state index contributed by atoms with van der Waals surface area (Å²) in [4.78, 5) is 0. The number of rotatable bonds is 3. The van der Waals surface area contributed by atoms with Gasteiger partial charge in [0.25, 0.3) is 10.2 Å². The standard InChI is InChI=1S/C15H19ClN4O3S/c1-17-24(22,23)20-7-9-4-15(21,5-10(9)8-20)13-2-11(16)3-14-12(13)6-18-19-14/h2-3,6,9-10,17,21H,4-5,7-8H2,1H3,(H,18,19)/t9-,10+,15-. The number of H-pyrrole nitrogens is 1. The van der Waals surface area contributed by atoms with E-state index in [1.54, 1.807) is 18.3 Å². The van der Waals surface area contributed by atoms with Gasteiger partial charge in [-0.2, -0.15) is 17.8 Å². The Kier molecular flexibility index (Phi) is 3.67. The van der Waals surface area contributed by atoms with Crippen LogP contribution in [0.3, 0.4) is 0 Å². The zero-order valence-corrected chi connectivity index (χ0v) is 14.7. The molecule has 0 spiro atoms. The maximum absolute atomic E-state index is 12.0. The second-order valence-corrected chi connectivity index (χ2v) is 9.08. The number of aromatic amines is 1. The van der Waals surface area contributed by atoms with E-state index in [-0.39, 0.29) is 11.8 Å². The molecule has 1 aliphatic carbocycles. The van der Waals surface area contributed by atoms with E-state index in [2.05, 4.69) is 14.9 Å². The van der Waals surface area contributed by atoms with Crippen molar-refractivity contribution in [2.24, 2.45) is 11.8 Å². The maximum Gasteiger partial charge on any atom is 0.279 e. The van der Waals surface area contributed by atoms with Crippen LogP contribution in [0.25, 0.3) is 10.9 Å². The van der Waals surface area contributed by atoms with Crippen molar-refractivity contribution in [3.8, 4) is 0 Å². The van der Waals surface area contributed by atoms with Gasteiger partial charge in [0.2, 0.25) is 0 Å². The number of hydrogen-bond acceptors (Lipinski definition) is 4. The minimum Gasteiger partial charge on any atom is -0.385 e.